The van der Waals surface area contributed by atoms with Gasteiger partial charge in [0.15, 0.2) is 0 Å². The van der Waals surface area contributed by atoms with E-state index in [2.05, 4.69) is 22.4 Å². The van der Waals surface area contributed by atoms with Gasteiger partial charge >= 0.3 is 0 Å². The fourth-order valence-electron chi connectivity index (χ4n) is 4.33. The highest BCUT2D eigenvalue weighted by molar-refractivity contribution is 5.29. The Bertz CT molecular complexity index is 417. The summed E-state index contributed by atoms with van der Waals surface area (Å²) in [6.07, 6.45) is 10.2. The molecule has 2 saturated heterocycles. The van der Waals surface area contributed by atoms with Crippen LogP contribution in [0.4, 0.5) is 0 Å². The molecule has 90 valence electrons. The molecule has 2 fully saturated rings. The predicted octanol–water partition coefficient (Wildman–Crippen LogP) is 2.64. The van der Waals surface area contributed by atoms with Crippen LogP contribution in [0.15, 0.2) is 18.3 Å². The van der Waals surface area contributed by atoms with Crippen molar-refractivity contribution in [1.82, 2.24) is 10.3 Å². The van der Waals surface area contributed by atoms with Crippen LogP contribution >= 0.6 is 0 Å². The zero-order chi connectivity index (χ0) is 11.2. The molecule has 0 saturated carbocycles. The van der Waals surface area contributed by atoms with E-state index in [4.69, 9.17) is 0 Å². The van der Waals surface area contributed by atoms with Crippen molar-refractivity contribution in [1.29, 1.82) is 0 Å². The van der Waals surface area contributed by atoms with Crippen LogP contribution < -0.4 is 5.32 Å². The maximum Gasteiger partial charge on any atom is 0.0469 e. The Balaban J connectivity index is 1.60. The first kappa shape index (κ1) is 10.1. The Morgan fingerprint density at radius 3 is 2.76 bits per heavy atom. The van der Waals surface area contributed by atoms with Crippen molar-refractivity contribution in [3.8, 4) is 0 Å². The molecule has 2 aliphatic heterocycles. The number of hydrogen-bond donors (Lipinski definition) is 1. The molecule has 3 unspecified atom stereocenters. The van der Waals surface area contributed by atoms with Crippen LogP contribution in [0.1, 0.15) is 49.3 Å². The van der Waals surface area contributed by atoms with Gasteiger partial charge in [0, 0.05) is 29.9 Å². The van der Waals surface area contributed by atoms with E-state index in [9.17, 15) is 0 Å². The van der Waals surface area contributed by atoms with E-state index >= 15 is 0 Å². The van der Waals surface area contributed by atoms with Gasteiger partial charge in [0.1, 0.15) is 0 Å². The number of aryl methyl sites for hydroxylation is 1. The summed E-state index contributed by atoms with van der Waals surface area (Å²) in [7, 11) is 0. The SMILES string of the molecule is c1cnc2c(c1)CCC2C1CC2CCC(C1)N2. The highest BCUT2D eigenvalue weighted by atomic mass is 15.0. The minimum atomic E-state index is 0.761. The molecule has 1 aromatic heterocycles. The Labute approximate surface area is 103 Å². The zero-order valence-electron chi connectivity index (χ0n) is 10.2. The Morgan fingerprint density at radius 1 is 1.12 bits per heavy atom. The van der Waals surface area contributed by atoms with Crippen LogP contribution in [-0.4, -0.2) is 17.1 Å². The summed E-state index contributed by atoms with van der Waals surface area (Å²) in [6.45, 7) is 0. The van der Waals surface area contributed by atoms with Crippen LogP contribution in [0.3, 0.4) is 0 Å². The third-order valence-electron chi connectivity index (χ3n) is 5.08. The predicted molar refractivity (Wildman–Crippen MR) is 68.0 cm³/mol. The molecular formula is C15H20N2. The van der Waals surface area contributed by atoms with Gasteiger partial charge in [-0.25, -0.2) is 0 Å². The normalized spacial score (nSPS) is 39.3. The molecule has 0 spiro atoms. The first-order valence-electron chi connectivity index (χ1n) is 7.10. The van der Waals surface area contributed by atoms with Gasteiger partial charge in [0.25, 0.3) is 0 Å². The number of piperidine rings is 1. The minimum absolute atomic E-state index is 0.761. The molecular weight excluding hydrogens is 208 g/mol. The molecule has 1 aliphatic carbocycles. The molecule has 1 N–H and O–H groups in total. The van der Waals surface area contributed by atoms with Gasteiger partial charge in [-0.1, -0.05) is 6.07 Å². The summed E-state index contributed by atoms with van der Waals surface area (Å²) >= 11 is 0. The van der Waals surface area contributed by atoms with Crippen LogP contribution in [0.2, 0.25) is 0 Å². The van der Waals surface area contributed by atoms with Crippen molar-refractivity contribution in [2.45, 2.75) is 56.5 Å². The summed E-state index contributed by atoms with van der Waals surface area (Å²) in [5, 5.41) is 3.75. The lowest BCUT2D eigenvalue weighted by Gasteiger charge is -2.33. The fraction of sp³-hybridized carbons (Fsp3) is 0.667. The number of aromatic nitrogens is 1. The number of hydrogen-bond acceptors (Lipinski definition) is 2. The van der Waals surface area contributed by atoms with Crippen LogP contribution in [0.5, 0.6) is 0 Å². The maximum atomic E-state index is 4.67. The summed E-state index contributed by atoms with van der Waals surface area (Å²) in [5.74, 6) is 1.65. The molecule has 2 heteroatoms. The Kier molecular flexibility index (Phi) is 2.26. The second-order valence-electron chi connectivity index (χ2n) is 6.06. The van der Waals surface area contributed by atoms with Crippen molar-refractivity contribution in [2.24, 2.45) is 5.92 Å². The summed E-state index contributed by atoms with van der Waals surface area (Å²) in [5.41, 5.74) is 2.95. The quantitative estimate of drug-likeness (QED) is 0.799. The monoisotopic (exact) mass is 228 g/mol. The van der Waals surface area contributed by atoms with Crippen molar-refractivity contribution < 1.29 is 0 Å². The van der Waals surface area contributed by atoms with Crippen molar-refractivity contribution in [3.63, 3.8) is 0 Å². The highest BCUT2D eigenvalue weighted by Gasteiger charge is 2.39. The van der Waals surface area contributed by atoms with Gasteiger partial charge in [0.05, 0.1) is 0 Å². The second kappa shape index (κ2) is 3.81. The van der Waals surface area contributed by atoms with E-state index in [1.807, 2.05) is 6.20 Å². The van der Waals surface area contributed by atoms with Gasteiger partial charge < -0.3 is 5.32 Å². The molecule has 3 atom stereocenters. The number of pyridine rings is 1. The van der Waals surface area contributed by atoms with Gasteiger partial charge in [-0.2, -0.15) is 0 Å². The van der Waals surface area contributed by atoms with Crippen molar-refractivity contribution >= 4 is 0 Å². The average Bonchev–Trinajstić information content (AvgIpc) is 2.93. The molecule has 1 aromatic rings. The molecule has 3 aliphatic rings. The first-order valence-corrected chi connectivity index (χ1v) is 7.10. The lowest BCUT2D eigenvalue weighted by molar-refractivity contribution is 0.257. The van der Waals surface area contributed by atoms with Crippen LogP contribution in [0, 0.1) is 5.92 Å². The highest BCUT2D eigenvalue weighted by Crippen LogP contribution is 2.44. The van der Waals surface area contributed by atoms with Crippen LogP contribution in [0.25, 0.3) is 0 Å². The lowest BCUT2D eigenvalue weighted by atomic mass is 9.80. The van der Waals surface area contributed by atoms with Gasteiger partial charge in [-0.3, -0.25) is 4.98 Å². The largest absolute Gasteiger partial charge is 0.311 e. The summed E-state index contributed by atoms with van der Waals surface area (Å²) < 4.78 is 0. The Hall–Kier alpha value is -0.890. The summed E-state index contributed by atoms with van der Waals surface area (Å²) in [4.78, 5) is 4.67. The van der Waals surface area contributed by atoms with E-state index in [0.717, 1.165) is 23.9 Å². The van der Waals surface area contributed by atoms with Gasteiger partial charge in [0.2, 0.25) is 0 Å². The van der Waals surface area contributed by atoms with E-state index in [-0.39, 0.29) is 0 Å². The molecule has 3 heterocycles. The average molecular weight is 228 g/mol. The van der Waals surface area contributed by atoms with Gasteiger partial charge in [-0.15, -0.1) is 0 Å². The number of nitrogens with one attached hydrogen (secondary N) is 1. The van der Waals surface area contributed by atoms with Crippen LogP contribution in [-0.2, 0) is 6.42 Å². The van der Waals surface area contributed by atoms with E-state index < -0.39 is 0 Å². The molecule has 0 radical (unpaired) electrons. The van der Waals surface area contributed by atoms with E-state index in [1.54, 1.807) is 0 Å². The standard InChI is InChI=1S/C15H20N2/c1-2-10-3-6-14(15(10)16-7-1)11-8-12-4-5-13(9-11)17-12/h1-2,7,11-14,17H,3-6,8-9H2. The molecule has 0 aromatic carbocycles. The first-order chi connectivity index (χ1) is 8.40. The second-order valence-corrected chi connectivity index (χ2v) is 6.06. The lowest BCUT2D eigenvalue weighted by Crippen LogP contribution is -2.39. The zero-order valence-corrected chi connectivity index (χ0v) is 10.2. The molecule has 2 nitrogen and oxygen atoms in total. The topological polar surface area (TPSA) is 24.9 Å². The van der Waals surface area contributed by atoms with E-state index in [0.29, 0.717) is 0 Å². The molecule has 17 heavy (non-hydrogen) atoms. The van der Waals surface area contributed by atoms with Crippen molar-refractivity contribution in [2.75, 3.05) is 0 Å². The summed E-state index contributed by atoms with van der Waals surface area (Å²) in [6, 6.07) is 5.99. The number of fused-ring (bicyclic) bond motifs is 3. The fourth-order valence-corrected chi connectivity index (χ4v) is 4.33. The minimum Gasteiger partial charge on any atom is -0.311 e. The molecule has 0 amide bonds. The number of nitrogens with zero attached hydrogens (tertiary/aromatic N) is 1. The maximum absolute atomic E-state index is 4.67. The van der Waals surface area contributed by atoms with E-state index in [1.165, 1.54) is 49.8 Å². The number of rotatable bonds is 1. The third kappa shape index (κ3) is 1.61. The third-order valence-corrected chi connectivity index (χ3v) is 5.08. The van der Waals surface area contributed by atoms with Crippen molar-refractivity contribution in [3.05, 3.63) is 29.6 Å². The Morgan fingerprint density at radius 2 is 1.94 bits per heavy atom. The smallest absolute Gasteiger partial charge is 0.0469 e. The van der Waals surface area contributed by atoms with Gasteiger partial charge in [-0.05, 0) is 56.1 Å². The molecule has 4 rings (SSSR count). The molecule has 2 bridgehead atoms.